The van der Waals surface area contributed by atoms with Crippen molar-refractivity contribution in [1.82, 2.24) is 14.5 Å². The third-order valence-corrected chi connectivity index (χ3v) is 2.57. The fourth-order valence-electron chi connectivity index (χ4n) is 1.61. The van der Waals surface area contributed by atoms with Crippen molar-refractivity contribution < 1.29 is 0 Å². The molecule has 0 aliphatic rings. The highest BCUT2D eigenvalue weighted by Gasteiger charge is 2.04. The molecular weight excluding hydrogens is 252 g/mol. The molecule has 0 amide bonds. The summed E-state index contributed by atoms with van der Waals surface area (Å²) in [5.74, 6) is 0. The molecule has 0 aliphatic carbocycles. The van der Waals surface area contributed by atoms with E-state index in [4.69, 9.17) is 11.0 Å². The van der Waals surface area contributed by atoms with Crippen LogP contribution < -0.4 is 5.73 Å². The lowest BCUT2D eigenvalue weighted by Crippen LogP contribution is -1.97. The maximum absolute atomic E-state index is 8.87. The zero-order chi connectivity index (χ0) is 14.2. The van der Waals surface area contributed by atoms with Crippen molar-refractivity contribution in [2.75, 3.05) is 6.54 Å². The number of hydrogen-bond donors (Lipinski definition) is 1. The summed E-state index contributed by atoms with van der Waals surface area (Å²) >= 11 is 0. The molecule has 0 radical (unpaired) electrons. The van der Waals surface area contributed by atoms with Crippen LogP contribution in [0.5, 0.6) is 0 Å². The number of aromatic nitrogens is 3. The number of nitrogens with two attached hydrogens (primary N) is 1. The standard InChI is InChI=1S/C14H14N6/c15-3-1-4-17-6-7-20-10-14(19-11-20)13-8-12(9-16)2-5-18-13/h1-5,8,10-11H,6-7,15H2. The summed E-state index contributed by atoms with van der Waals surface area (Å²) in [6, 6.07) is 5.47. The normalized spacial score (nSPS) is 11.2. The van der Waals surface area contributed by atoms with Gasteiger partial charge in [0.25, 0.3) is 0 Å². The van der Waals surface area contributed by atoms with Gasteiger partial charge in [0, 0.05) is 25.2 Å². The van der Waals surface area contributed by atoms with Crippen LogP contribution in [0.3, 0.4) is 0 Å². The molecule has 2 heterocycles. The van der Waals surface area contributed by atoms with Gasteiger partial charge in [-0.3, -0.25) is 9.98 Å². The first-order chi connectivity index (χ1) is 9.83. The predicted molar refractivity (Wildman–Crippen MR) is 76.9 cm³/mol. The lowest BCUT2D eigenvalue weighted by molar-refractivity contribution is 0.710. The zero-order valence-electron chi connectivity index (χ0n) is 10.8. The maximum Gasteiger partial charge on any atom is 0.107 e. The monoisotopic (exact) mass is 266 g/mol. The van der Waals surface area contributed by atoms with Gasteiger partial charge >= 0.3 is 0 Å². The lowest BCUT2D eigenvalue weighted by Gasteiger charge is -1.97. The summed E-state index contributed by atoms with van der Waals surface area (Å²) in [6.45, 7) is 1.37. The fourth-order valence-corrected chi connectivity index (χ4v) is 1.61. The Balaban J connectivity index is 2.03. The van der Waals surface area contributed by atoms with Crippen LogP contribution in [0.15, 0.2) is 48.1 Å². The number of hydrogen-bond acceptors (Lipinski definition) is 5. The number of nitrogens with zero attached hydrogens (tertiary/aromatic N) is 5. The Labute approximate surface area is 116 Å². The average Bonchev–Trinajstić information content (AvgIpc) is 2.96. The van der Waals surface area contributed by atoms with Gasteiger partial charge in [-0.15, -0.1) is 0 Å². The van der Waals surface area contributed by atoms with Crippen LogP contribution >= 0.6 is 0 Å². The van der Waals surface area contributed by atoms with Crippen molar-refractivity contribution in [2.24, 2.45) is 10.7 Å². The number of aliphatic imine (C=N–C) groups is 1. The van der Waals surface area contributed by atoms with E-state index in [1.165, 1.54) is 6.20 Å². The van der Waals surface area contributed by atoms with E-state index in [1.807, 2.05) is 10.8 Å². The summed E-state index contributed by atoms with van der Waals surface area (Å²) in [7, 11) is 0. The van der Waals surface area contributed by atoms with Gasteiger partial charge in [0.1, 0.15) is 5.69 Å². The van der Waals surface area contributed by atoms with Crippen LogP contribution in [0.2, 0.25) is 0 Å². The second-order valence-corrected chi connectivity index (χ2v) is 3.98. The number of imidazole rings is 1. The molecule has 0 bridgehead atoms. The topological polar surface area (TPSA) is 92.9 Å². The summed E-state index contributed by atoms with van der Waals surface area (Å²) in [5.41, 5.74) is 7.20. The molecule has 0 fully saturated rings. The van der Waals surface area contributed by atoms with Gasteiger partial charge in [-0.2, -0.15) is 5.26 Å². The highest BCUT2D eigenvalue weighted by Crippen LogP contribution is 2.14. The summed E-state index contributed by atoms with van der Waals surface area (Å²) in [5, 5.41) is 8.87. The van der Waals surface area contributed by atoms with Crippen molar-refractivity contribution in [3.8, 4) is 17.5 Å². The summed E-state index contributed by atoms with van der Waals surface area (Å²) in [6.07, 6.45) is 10.00. The van der Waals surface area contributed by atoms with Crippen LogP contribution in [0.25, 0.3) is 11.4 Å². The molecule has 6 nitrogen and oxygen atoms in total. The molecule has 0 saturated carbocycles. The van der Waals surface area contributed by atoms with Crippen molar-refractivity contribution in [2.45, 2.75) is 6.54 Å². The molecule has 2 N–H and O–H groups in total. The molecule has 0 atom stereocenters. The van der Waals surface area contributed by atoms with Crippen molar-refractivity contribution in [3.63, 3.8) is 0 Å². The van der Waals surface area contributed by atoms with Gasteiger partial charge in [-0.1, -0.05) is 0 Å². The molecule has 0 aliphatic heterocycles. The maximum atomic E-state index is 8.87. The molecule has 2 aromatic rings. The minimum Gasteiger partial charge on any atom is -0.405 e. The Morgan fingerprint density at radius 2 is 2.30 bits per heavy atom. The molecule has 2 rings (SSSR count). The minimum atomic E-state index is 0.572. The van der Waals surface area contributed by atoms with Crippen molar-refractivity contribution >= 4 is 6.21 Å². The van der Waals surface area contributed by atoms with E-state index in [1.54, 1.807) is 36.9 Å². The second-order valence-electron chi connectivity index (χ2n) is 3.98. The van der Waals surface area contributed by atoms with E-state index in [-0.39, 0.29) is 0 Å². The van der Waals surface area contributed by atoms with Gasteiger partial charge in [-0.05, 0) is 24.4 Å². The average molecular weight is 266 g/mol. The molecule has 20 heavy (non-hydrogen) atoms. The SMILES string of the molecule is N#Cc1ccnc(-c2cn(CCN=CC=CN)cn2)c1. The molecule has 2 aromatic heterocycles. The van der Waals surface area contributed by atoms with Crippen LogP contribution in [-0.2, 0) is 6.54 Å². The van der Waals surface area contributed by atoms with Crippen LogP contribution in [0, 0.1) is 11.3 Å². The van der Waals surface area contributed by atoms with Gasteiger partial charge in [0.2, 0.25) is 0 Å². The van der Waals surface area contributed by atoms with Gasteiger partial charge in [0.05, 0.1) is 30.2 Å². The van der Waals surface area contributed by atoms with Gasteiger partial charge in [0.15, 0.2) is 0 Å². The highest BCUT2D eigenvalue weighted by atomic mass is 15.0. The highest BCUT2D eigenvalue weighted by molar-refractivity contribution is 5.70. The largest absolute Gasteiger partial charge is 0.405 e. The van der Waals surface area contributed by atoms with E-state index >= 15 is 0 Å². The van der Waals surface area contributed by atoms with Gasteiger partial charge in [-0.25, -0.2) is 4.98 Å². The molecule has 0 aromatic carbocycles. The first kappa shape index (κ1) is 13.5. The second kappa shape index (κ2) is 6.85. The first-order valence-corrected chi connectivity index (χ1v) is 6.08. The van der Waals surface area contributed by atoms with E-state index in [2.05, 4.69) is 21.0 Å². The van der Waals surface area contributed by atoms with E-state index < -0.39 is 0 Å². The Morgan fingerprint density at radius 1 is 1.40 bits per heavy atom. The Morgan fingerprint density at radius 3 is 3.10 bits per heavy atom. The molecule has 6 heteroatoms. The molecule has 100 valence electrons. The Bertz CT molecular complexity index is 662. The van der Waals surface area contributed by atoms with E-state index in [0.29, 0.717) is 17.8 Å². The first-order valence-electron chi connectivity index (χ1n) is 6.08. The third-order valence-electron chi connectivity index (χ3n) is 2.57. The van der Waals surface area contributed by atoms with E-state index in [9.17, 15) is 0 Å². The van der Waals surface area contributed by atoms with Crippen LogP contribution in [-0.4, -0.2) is 27.3 Å². The van der Waals surface area contributed by atoms with Gasteiger partial charge < -0.3 is 10.3 Å². The van der Waals surface area contributed by atoms with Crippen LogP contribution in [0.1, 0.15) is 5.56 Å². The summed E-state index contributed by atoms with van der Waals surface area (Å²) < 4.78 is 1.93. The van der Waals surface area contributed by atoms with E-state index in [0.717, 1.165) is 12.2 Å². The van der Waals surface area contributed by atoms with Crippen molar-refractivity contribution in [1.29, 1.82) is 5.26 Å². The zero-order valence-corrected chi connectivity index (χ0v) is 10.8. The van der Waals surface area contributed by atoms with Crippen LogP contribution in [0.4, 0.5) is 0 Å². The molecule has 0 spiro atoms. The molecular formula is C14H14N6. The number of rotatable bonds is 5. The Kier molecular flexibility index (Phi) is 4.62. The molecule has 0 unspecified atom stereocenters. The summed E-state index contributed by atoms with van der Waals surface area (Å²) in [4.78, 5) is 12.7. The van der Waals surface area contributed by atoms with Crippen molar-refractivity contribution in [3.05, 3.63) is 48.7 Å². The lowest BCUT2D eigenvalue weighted by atomic mass is 10.2. The third kappa shape index (κ3) is 3.53. The smallest absolute Gasteiger partial charge is 0.107 e. The molecule has 0 saturated heterocycles. The fraction of sp³-hybridized carbons (Fsp3) is 0.143. The minimum absolute atomic E-state index is 0.572. The number of pyridine rings is 1. The number of nitriles is 1. The number of allylic oxidation sites excluding steroid dienone is 1. The predicted octanol–water partition coefficient (Wildman–Crippen LogP) is 1.36. The quantitative estimate of drug-likeness (QED) is 0.827. The Hall–Kier alpha value is -2.94.